The molecule has 64 valence electrons. The van der Waals surface area contributed by atoms with Crippen LogP contribution in [0.5, 0.6) is 0 Å². The molecule has 0 atom stereocenters. The fraction of sp³-hybridized carbons (Fsp3) is 1.00. The maximum atomic E-state index is 5.11. The summed E-state index contributed by atoms with van der Waals surface area (Å²) in [5.74, 6) is 1.70. The zero-order chi connectivity index (χ0) is 8.73. The molecule has 0 aromatic heterocycles. The summed E-state index contributed by atoms with van der Waals surface area (Å²) in [6, 6.07) is 0.333. The standard InChI is InChI=1S/C6H14.C3H9N/c1-5(2)6(3)4;1-3(2)4/h5-6H,1-4H3;3H,4H2,1-2H3. The van der Waals surface area contributed by atoms with E-state index in [9.17, 15) is 0 Å². The van der Waals surface area contributed by atoms with Crippen molar-refractivity contribution in [3.05, 3.63) is 0 Å². The molecule has 0 aliphatic carbocycles. The Labute approximate surface area is 66.0 Å². The molecule has 1 heteroatoms. The summed E-state index contributed by atoms with van der Waals surface area (Å²) in [7, 11) is 0. The van der Waals surface area contributed by atoms with Gasteiger partial charge in [-0.05, 0) is 17.9 Å². The first-order chi connectivity index (χ1) is 4.37. The van der Waals surface area contributed by atoms with Crippen LogP contribution in [-0.2, 0) is 0 Å². The van der Waals surface area contributed by atoms with Crippen LogP contribution in [0.2, 0.25) is 0 Å². The van der Waals surface area contributed by atoms with E-state index < -0.39 is 0 Å². The number of hydrogen-bond acceptors (Lipinski definition) is 1. The van der Waals surface area contributed by atoms with Crippen molar-refractivity contribution in [2.24, 2.45) is 17.6 Å². The normalized spacial score (nSPS) is 10.2. The fourth-order valence-electron chi connectivity index (χ4n) is 0. The monoisotopic (exact) mass is 145 g/mol. The van der Waals surface area contributed by atoms with E-state index in [1.807, 2.05) is 13.8 Å². The zero-order valence-corrected chi connectivity index (χ0v) is 8.31. The lowest BCUT2D eigenvalue weighted by Gasteiger charge is -2.05. The van der Waals surface area contributed by atoms with Crippen molar-refractivity contribution in [1.82, 2.24) is 0 Å². The van der Waals surface area contributed by atoms with Crippen LogP contribution in [-0.4, -0.2) is 6.04 Å². The van der Waals surface area contributed by atoms with E-state index in [2.05, 4.69) is 27.7 Å². The Kier molecular flexibility index (Phi) is 8.92. The predicted molar refractivity (Wildman–Crippen MR) is 49.0 cm³/mol. The second kappa shape index (κ2) is 7.07. The molecule has 0 aromatic carbocycles. The molecule has 0 radical (unpaired) electrons. The summed E-state index contributed by atoms with van der Waals surface area (Å²) in [5, 5.41) is 0. The van der Waals surface area contributed by atoms with Crippen LogP contribution in [0.15, 0.2) is 0 Å². The third kappa shape index (κ3) is 24.6. The van der Waals surface area contributed by atoms with Crippen LogP contribution >= 0.6 is 0 Å². The molecular weight excluding hydrogens is 122 g/mol. The lowest BCUT2D eigenvalue weighted by molar-refractivity contribution is 0.457. The maximum absolute atomic E-state index is 5.11. The predicted octanol–water partition coefficient (Wildman–Crippen LogP) is 2.65. The minimum absolute atomic E-state index is 0.333. The van der Waals surface area contributed by atoms with Gasteiger partial charge in [-0.25, -0.2) is 0 Å². The number of nitrogens with two attached hydrogens (primary N) is 1. The quantitative estimate of drug-likeness (QED) is 0.603. The molecule has 0 rings (SSSR count). The van der Waals surface area contributed by atoms with Crippen LogP contribution in [0.25, 0.3) is 0 Å². The average molecular weight is 145 g/mol. The van der Waals surface area contributed by atoms with E-state index in [0.717, 1.165) is 11.8 Å². The summed E-state index contributed by atoms with van der Waals surface area (Å²) >= 11 is 0. The van der Waals surface area contributed by atoms with Gasteiger partial charge < -0.3 is 5.73 Å². The first-order valence-corrected chi connectivity index (χ1v) is 4.13. The van der Waals surface area contributed by atoms with Crippen molar-refractivity contribution in [1.29, 1.82) is 0 Å². The maximum Gasteiger partial charge on any atom is -0.00179 e. The summed E-state index contributed by atoms with van der Waals surface area (Å²) in [6.07, 6.45) is 0. The second-order valence-corrected chi connectivity index (χ2v) is 3.73. The highest BCUT2D eigenvalue weighted by Crippen LogP contribution is 2.05. The van der Waals surface area contributed by atoms with Gasteiger partial charge in [0.2, 0.25) is 0 Å². The van der Waals surface area contributed by atoms with Crippen LogP contribution in [0.3, 0.4) is 0 Å². The van der Waals surface area contributed by atoms with Gasteiger partial charge in [-0.1, -0.05) is 41.5 Å². The van der Waals surface area contributed by atoms with Gasteiger partial charge in [0, 0.05) is 0 Å². The Hall–Kier alpha value is -0.0400. The van der Waals surface area contributed by atoms with Crippen molar-refractivity contribution in [2.45, 2.75) is 47.6 Å². The molecule has 0 saturated carbocycles. The Morgan fingerprint density at radius 2 is 0.800 bits per heavy atom. The third-order valence-electron chi connectivity index (χ3n) is 1.33. The molecule has 0 aromatic rings. The summed E-state index contributed by atoms with van der Waals surface area (Å²) in [4.78, 5) is 0. The second-order valence-electron chi connectivity index (χ2n) is 3.73. The first-order valence-electron chi connectivity index (χ1n) is 4.13. The van der Waals surface area contributed by atoms with Crippen molar-refractivity contribution in [3.63, 3.8) is 0 Å². The highest BCUT2D eigenvalue weighted by molar-refractivity contribution is 4.46. The summed E-state index contributed by atoms with van der Waals surface area (Å²) in [5.41, 5.74) is 5.11. The molecule has 0 bridgehead atoms. The minimum Gasteiger partial charge on any atom is -0.328 e. The highest BCUT2D eigenvalue weighted by atomic mass is 14.6. The SMILES string of the molecule is CC(C)C(C)C.CC(C)N. The van der Waals surface area contributed by atoms with Gasteiger partial charge in [0.05, 0.1) is 0 Å². The van der Waals surface area contributed by atoms with Crippen molar-refractivity contribution >= 4 is 0 Å². The Morgan fingerprint density at radius 3 is 0.800 bits per heavy atom. The van der Waals surface area contributed by atoms with Gasteiger partial charge in [-0.15, -0.1) is 0 Å². The molecule has 0 saturated heterocycles. The molecule has 0 heterocycles. The molecule has 1 nitrogen and oxygen atoms in total. The topological polar surface area (TPSA) is 26.0 Å². The van der Waals surface area contributed by atoms with Crippen LogP contribution in [0, 0.1) is 11.8 Å². The van der Waals surface area contributed by atoms with Crippen LogP contribution < -0.4 is 5.73 Å². The largest absolute Gasteiger partial charge is 0.328 e. The Morgan fingerprint density at radius 1 is 0.700 bits per heavy atom. The van der Waals surface area contributed by atoms with Gasteiger partial charge in [0.15, 0.2) is 0 Å². The van der Waals surface area contributed by atoms with Gasteiger partial charge in [0.1, 0.15) is 0 Å². The van der Waals surface area contributed by atoms with E-state index in [4.69, 9.17) is 5.73 Å². The van der Waals surface area contributed by atoms with Crippen LogP contribution in [0.4, 0.5) is 0 Å². The number of rotatable bonds is 1. The first kappa shape index (κ1) is 12.6. The average Bonchev–Trinajstić information content (AvgIpc) is 1.63. The molecule has 0 fully saturated rings. The lowest BCUT2D eigenvalue weighted by Crippen LogP contribution is -2.06. The van der Waals surface area contributed by atoms with E-state index in [1.54, 1.807) is 0 Å². The molecular formula is C9H23N. The molecule has 0 spiro atoms. The summed E-state index contributed by atoms with van der Waals surface area (Å²) in [6.45, 7) is 12.9. The Bertz CT molecular complexity index is 47.0. The molecule has 0 aliphatic rings. The molecule has 0 amide bonds. The van der Waals surface area contributed by atoms with E-state index in [1.165, 1.54) is 0 Å². The third-order valence-corrected chi connectivity index (χ3v) is 1.33. The van der Waals surface area contributed by atoms with Crippen LogP contribution in [0.1, 0.15) is 41.5 Å². The fourth-order valence-corrected chi connectivity index (χ4v) is 0. The number of hydrogen-bond donors (Lipinski definition) is 1. The highest BCUT2D eigenvalue weighted by Gasteiger charge is 1.95. The van der Waals surface area contributed by atoms with E-state index >= 15 is 0 Å². The van der Waals surface area contributed by atoms with Crippen molar-refractivity contribution in [2.75, 3.05) is 0 Å². The smallest absolute Gasteiger partial charge is 0.00179 e. The van der Waals surface area contributed by atoms with Crippen molar-refractivity contribution in [3.8, 4) is 0 Å². The molecule has 0 unspecified atom stereocenters. The van der Waals surface area contributed by atoms with Gasteiger partial charge >= 0.3 is 0 Å². The van der Waals surface area contributed by atoms with Crippen molar-refractivity contribution < 1.29 is 0 Å². The zero-order valence-electron chi connectivity index (χ0n) is 8.31. The summed E-state index contributed by atoms with van der Waals surface area (Å²) < 4.78 is 0. The van der Waals surface area contributed by atoms with Gasteiger partial charge in [-0.2, -0.15) is 0 Å². The lowest BCUT2D eigenvalue weighted by atomic mass is 10.0. The van der Waals surface area contributed by atoms with Gasteiger partial charge in [-0.3, -0.25) is 0 Å². The molecule has 10 heavy (non-hydrogen) atoms. The molecule has 2 N–H and O–H groups in total. The molecule has 0 aliphatic heterocycles. The van der Waals surface area contributed by atoms with E-state index in [0.29, 0.717) is 6.04 Å². The minimum atomic E-state index is 0.333. The van der Waals surface area contributed by atoms with Gasteiger partial charge in [0.25, 0.3) is 0 Å². The Balaban J connectivity index is 0. The van der Waals surface area contributed by atoms with E-state index in [-0.39, 0.29) is 0 Å².